The summed E-state index contributed by atoms with van der Waals surface area (Å²) in [4.78, 5) is 31.1. The molecule has 1 amide bonds. The third kappa shape index (κ3) is 3.29. The minimum Gasteiger partial charge on any atom is -0.337 e. The van der Waals surface area contributed by atoms with Gasteiger partial charge in [0.25, 0.3) is 11.5 Å². The first-order valence-corrected chi connectivity index (χ1v) is 9.26. The minimum absolute atomic E-state index is 0.0892. The molecule has 2 aromatic heterocycles. The van der Waals surface area contributed by atoms with Crippen LogP contribution in [0.15, 0.2) is 34.4 Å². The molecule has 3 aromatic rings. The van der Waals surface area contributed by atoms with E-state index in [1.165, 1.54) is 15.0 Å². The Morgan fingerprint density at radius 1 is 1.36 bits per heavy atom. The number of thiophene rings is 1. The SMILES string of the molecule is CCn1c(=S)[nH]c2cc(C(=O)N(C)Cc3sccc3C)ccc2c1=O. The summed E-state index contributed by atoms with van der Waals surface area (Å²) in [6, 6.07) is 7.13. The Morgan fingerprint density at radius 2 is 2.12 bits per heavy atom. The molecule has 0 aliphatic rings. The highest BCUT2D eigenvalue weighted by molar-refractivity contribution is 7.71. The van der Waals surface area contributed by atoms with Gasteiger partial charge in [0.1, 0.15) is 0 Å². The largest absolute Gasteiger partial charge is 0.337 e. The van der Waals surface area contributed by atoms with Crippen molar-refractivity contribution in [3.05, 3.63) is 60.8 Å². The van der Waals surface area contributed by atoms with Crippen LogP contribution in [0.25, 0.3) is 10.9 Å². The highest BCUT2D eigenvalue weighted by atomic mass is 32.1. The molecule has 0 aliphatic heterocycles. The lowest BCUT2D eigenvalue weighted by molar-refractivity contribution is 0.0786. The van der Waals surface area contributed by atoms with Crippen LogP contribution in [-0.4, -0.2) is 27.4 Å². The number of nitrogens with zero attached hydrogens (tertiary/aromatic N) is 2. The van der Waals surface area contributed by atoms with Crippen molar-refractivity contribution in [1.29, 1.82) is 0 Å². The molecule has 25 heavy (non-hydrogen) atoms. The van der Waals surface area contributed by atoms with Gasteiger partial charge in [-0.2, -0.15) is 0 Å². The Balaban J connectivity index is 1.96. The van der Waals surface area contributed by atoms with E-state index in [1.807, 2.05) is 25.3 Å². The van der Waals surface area contributed by atoms with Crippen LogP contribution in [0.5, 0.6) is 0 Å². The lowest BCUT2D eigenvalue weighted by atomic mass is 10.1. The van der Waals surface area contributed by atoms with E-state index in [1.54, 1.807) is 41.5 Å². The number of H-pyrrole nitrogens is 1. The smallest absolute Gasteiger partial charge is 0.262 e. The average Bonchev–Trinajstić information content (AvgIpc) is 2.98. The summed E-state index contributed by atoms with van der Waals surface area (Å²) < 4.78 is 1.87. The predicted octanol–water partition coefficient (Wildman–Crippen LogP) is 3.72. The summed E-state index contributed by atoms with van der Waals surface area (Å²) in [5, 5.41) is 2.56. The topological polar surface area (TPSA) is 58.1 Å². The number of hydrogen-bond acceptors (Lipinski definition) is 4. The fraction of sp³-hybridized carbons (Fsp3) is 0.278. The van der Waals surface area contributed by atoms with Crippen LogP contribution >= 0.6 is 23.6 Å². The number of carbonyl (C=O) groups is 1. The van der Waals surface area contributed by atoms with E-state index in [-0.39, 0.29) is 11.5 Å². The molecule has 3 rings (SSSR count). The molecule has 1 aromatic carbocycles. The van der Waals surface area contributed by atoms with Crippen LogP contribution in [0.4, 0.5) is 0 Å². The molecule has 5 nitrogen and oxygen atoms in total. The molecule has 0 aliphatic carbocycles. The van der Waals surface area contributed by atoms with Gasteiger partial charge in [-0.15, -0.1) is 11.3 Å². The zero-order valence-electron chi connectivity index (χ0n) is 14.3. The number of hydrogen-bond donors (Lipinski definition) is 1. The lowest BCUT2D eigenvalue weighted by Crippen LogP contribution is -2.26. The van der Waals surface area contributed by atoms with E-state index in [4.69, 9.17) is 12.2 Å². The van der Waals surface area contributed by atoms with Crippen LogP contribution in [-0.2, 0) is 13.1 Å². The molecular formula is C18H19N3O2S2. The first kappa shape index (κ1) is 17.6. The van der Waals surface area contributed by atoms with Gasteiger partial charge < -0.3 is 9.88 Å². The number of aromatic amines is 1. The number of carbonyl (C=O) groups excluding carboxylic acids is 1. The molecule has 0 spiro atoms. The maximum absolute atomic E-state index is 12.7. The van der Waals surface area contributed by atoms with E-state index < -0.39 is 0 Å². The highest BCUT2D eigenvalue weighted by Gasteiger charge is 2.15. The predicted molar refractivity (Wildman–Crippen MR) is 104 cm³/mol. The van der Waals surface area contributed by atoms with Crippen LogP contribution in [0, 0.1) is 11.7 Å². The summed E-state index contributed by atoms with van der Waals surface area (Å²) >= 11 is 6.87. The number of amides is 1. The average molecular weight is 374 g/mol. The van der Waals surface area contributed by atoms with Gasteiger partial charge in [-0.3, -0.25) is 14.2 Å². The van der Waals surface area contributed by atoms with Gasteiger partial charge in [-0.25, -0.2) is 0 Å². The van der Waals surface area contributed by atoms with E-state index in [0.29, 0.717) is 34.3 Å². The molecule has 130 valence electrons. The standard InChI is InChI=1S/C18H19N3O2S2/c1-4-21-17(23)13-6-5-12(9-14(13)19-18(21)24)16(22)20(3)10-15-11(2)7-8-25-15/h5-9H,4,10H2,1-3H3,(H,19,24). The van der Waals surface area contributed by atoms with Gasteiger partial charge in [-0.05, 0) is 61.3 Å². The zero-order chi connectivity index (χ0) is 18.1. The van der Waals surface area contributed by atoms with Crippen molar-refractivity contribution in [3.8, 4) is 0 Å². The second kappa shape index (κ2) is 6.93. The van der Waals surface area contributed by atoms with Crippen molar-refractivity contribution >= 4 is 40.4 Å². The molecule has 0 unspecified atom stereocenters. The third-order valence-corrected chi connectivity index (χ3v) is 5.57. The summed E-state index contributed by atoms with van der Waals surface area (Å²) in [6.07, 6.45) is 0. The molecule has 0 radical (unpaired) electrons. The number of nitrogens with one attached hydrogen (secondary N) is 1. The van der Waals surface area contributed by atoms with Gasteiger partial charge >= 0.3 is 0 Å². The van der Waals surface area contributed by atoms with Gasteiger partial charge in [0, 0.05) is 24.0 Å². The Morgan fingerprint density at radius 3 is 2.76 bits per heavy atom. The van der Waals surface area contributed by atoms with Crippen LogP contribution in [0.1, 0.15) is 27.7 Å². The first-order chi connectivity index (χ1) is 11.9. The van der Waals surface area contributed by atoms with E-state index in [0.717, 1.165) is 0 Å². The highest BCUT2D eigenvalue weighted by Crippen LogP contribution is 2.19. The molecule has 1 N–H and O–H groups in total. The Labute approximate surface area is 154 Å². The first-order valence-electron chi connectivity index (χ1n) is 7.97. The molecule has 0 fully saturated rings. The normalized spacial score (nSPS) is 11.0. The van der Waals surface area contributed by atoms with Crippen molar-refractivity contribution in [3.63, 3.8) is 0 Å². The van der Waals surface area contributed by atoms with Crippen LogP contribution in [0.2, 0.25) is 0 Å². The van der Waals surface area contributed by atoms with E-state index in [2.05, 4.69) is 4.98 Å². The number of rotatable bonds is 4. The molecule has 0 atom stereocenters. The van der Waals surface area contributed by atoms with Crippen molar-refractivity contribution in [2.45, 2.75) is 26.9 Å². The van der Waals surface area contributed by atoms with Crippen molar-refractivity contribution < 1.29 is 4.79 Å². The van der Waals surface area contributed by atoms with Crippen molar-refractivity contribution in [2.75, 3.05) is 7.05 Å². The quantitative estimate of drug-likeness (QED) is 0.709. The summed E-state index contributed by atoms with van der Waals surface area (Å²) in [7, 11) is 1.78. The summed E-state index contributed by atoms with van der Waals surface area (Å²) in [5.41, 5.74) is 2.17. The molecule has 7 heteroatoms. The number of fused-ring (bicyclic) bond motifs is 1. The second-order valence-electron chi connectivity index (χ2n) is 5.93. The van der Waals surface area contributed by atoms with Crippen LogP contribution in [0.3, 0.4) is 0 Å². The fourth-order valence-corrected chi connectivity index (χ4v) is 4.03. The van der Waals surface area contributed by atoms with Crippen molar-refractivity contribution in [2.24, 2.45) is 0 Å². The Hall–Kier alpha value is -2.25. The Kier molecular flexibility index (Phi) is 4.87. The van der Waals surface area contributed by atoms with Gasteiger partial charge in [0.05, 0.1) is 17.4 Å². The summed E-state index contributed by atoms with van der Waals surface area (Å²) in [6.45, 7) is 4.98. The summed E-state index contributed by atoms with van der Waals surface area (Å²) in [5.74, 6) is -0.0892. The number of aromatic nitrogens is 2. The van der Waals surface area contributed by atoms with Crippen molar-refractivity contribution in [1.82, 2.24) is 14.5 Å². The van der Waals surface area contributed by atoms with Gasteiger partial charge in [0.15, 0.2) is 4.77 Å². The zero-order valence-corrected chi connectivity index (χ0v) is 16.0. The molecule has 0 saturated carbocycles. The van der Waals surface area contributed by atoms with Crippen LogP contribution < -0.4 is 5.56 Å². The monoisotopic (exact) mass is 373 g/mol. The molecular weight excluding hydrogens is 354 g/mol. The molecule has 0 bridgehead atoms. The maximum Gasteiger partial charge on any atom is 0.262 e. The van der Waals surface area contributed by atoms with Gasteiger partial charge in [0.2, 0.25) is 0 Å². The molecule has 2 heterocycles. The van der Waals surface area contributed by atoms with Gasteiger partial charge in [-0.1, -0.05) is 0 Å². The van der Waals surface area contributed by atoms with E-state index >= 15 is 0 Å². The van der Waals surface area contributed by atoms with E-state index in [9.17, 15) is 9.59 Å². The second-order valence-corrected chi connectivity index (χ2v) is 7.32. The number of aryl methyl sites for hydroxylation is 1. The maximum atomic E-state index is 12.7. The Bertz CT molecular complexity index is 1060. The lowest BCUT2D eigenvalue weighted by Gasteiger charge is -2.17. The minimum atomic E-state index is -0.136. The third-order valence-electron chi connectivity index (χ3n) is 4.24. The fourth-order valence-electron chi connectivity index (χ4n) is 2.75. The number of benzene rings is 1. The molecule has 0 saturated heterocycles.